The number of nitro groups is 1. The van der Waals surface area contributed by atoms with Gasteiger partial charge in [0.1, 0.15) is 5.54 Å². The average Bonchev–Trinajstić information content (AvgIpc) is 2.41. The van der Waals surface area contributed by atoms with Gasteiger partial charge in [0.2, 0.25) is 5.91 Å². The fourth-order valence-electron chi connectivity index (χ4n) is 2.25. The van der Waals surface area contributed by atoms with Gasteiger partial charge in [-0.25, -0.2) is 8.42 Å². The molecule has 2 rings (SSSR count). The van der Waals surface area contributed by atoms with Gasteiger partial charge in [-0.1, -0.05) is 12.1 Å². The third-order valence-corrected chi connectivity index (χ3v) is 5.53. The van der Waals surface area contributed by atoms with Crippen LogP contribution >= 0.6 is 0 Å². The van der Waals surface area contributed by atoms with E-state index in [1.807, 2.05) is 0 Å². The van der Waals surface area contributed by atoms with Gasteiger partial charge in [0.15, 0.2) is 4.90 Å². The number of para-hydroxylation sites is 1. The molecule has 21 heavy (non-hydrogen) atoms. The smallest absolute Gasteiger partial charge is 0.289 e. The fourth-order valence-corrected chi connectivity index (χ4v) is 4.16. The highest BCUT2D eigenvalue weighted by Crippen LogP contribution is 2.31. The number of carbonyl (C=O) groups excluding carboxylic acids is 1. The van der Waals surface area contributed by atoms with Crippen LogP contribution < -0.4 is 5.32 Å². The summed E-state index contributed by atoms with van der Waals surface area (Å²) >= 11 is 0. The van der Waals surface area contributed by atoms with E-state index in [1.165, 1.54) is 32.0 Å². The van der Waals surface area contributed by atoms with Crippen LogP contribution in [0.3, 0.4) is 0 Å². The van der Waals surface area contributed by atoms with Crippen molar-refractivity contribution < 1.29 is 18.1 Å². The van der Waals surface area contributed by atoms with Gasteiger partial charge in [-0.15, -0.1) is 0 Å². The van der Waals surface area contributed by atoms with Crippen LogP contribution in [0.1, 0.15) is 13.8 Å². The lowest BCUT2D eigenvalue weighted by Crippen LogP contribution is -2.63. The second-order valence-corrected chi connectivity index (χ2v) is 6.95. The number of hydrogen-bond acceptors (Lipinski definition) is 5. The summed E-state index contributed by atoms with van der Waals surface area (Å²) in [6.07, 6.45) is 0. The zero-order valence-corrected chi connectivity index (χ0v) is 12.4. The lowest BCUT2D eigenvalue weighted by atomic mass is 10.0. The number of rotatable bonds is 3. The first-order chi connectivity index (χ1) is 9.69. The molecule has 0 spiro atoms. The number of hydrogen-bond donors (Lipinski definition) is 1. The molecular weight excluding hydrogens is 298 g/mol. The van der Waals surface area contributed by atoms with Crippen molar-refractivity contribution in [3.8, 4) is 0 Å². The standard InChI is InChI=1S/C12H15N3O5S/c1-12(2)11(16)13-7-8-14(12)21(19,20)10-6-4-3-5-9(10)15(17)18/h3-6H,7-8H2,1-2H3,(H,13,16). The summed E-state index contributed by atoms with van der Waals surface area (Å²) in [6.45, 7) is 3.16. The highest BCUT2D eigenvalue weighted by atomic mass is 32.2. The maximum Gasteiger partial charge on any atom is 0.289 e. The van der Waals surface area contributed by atoms with E-state index in [2.05, 4.69) is 5.32 Å². The van der Waals surface area contributed by atoms with Crippen molar-refractivity contribution in [2.24, 2.45) is 0 Å². The molecule has 0 bridgehead atoms. The molecule has 1 aromatic carbocycles. The maximum atomic E-state index is 12.7. The van der Waals surface area contributed by atoms with Gasteiger partial charge in [-0.05, 0) is 19.9 Å². The normalized spacial score (nSPS) is 19.0. The van der Waals surface area contributed by atoms with Gasteiger partial charge in [0.05, 0.1) is 4.92 Å². The van der Waals surface area contributed by atoms with Gasteiger partial charge in [-0.2, -0.15) is 4.31 Å². The Kier molecular flexibility index (Phi) is 3.72. The molecule has 8 nitrogen and oxygen atoms in total. The molecule has 1 heterocycles. The van der Waals surface area contributed by atoms with Crippen molar-refractivity contribution in [1.29, 1.82) is 0 Å². The molecule has 1 aromatic rings. The molecule has 1 aliphatic rings. The molecule has 1 N–H and O–H groups in total. The predicted octanol–water partition coefficient (Wildman–Crippen LogP) is 0.494. The van der Waals surface area contributed by atoms with Crippen LogP contribution in [0.4, 0.5) is 5.69 Å². The summed E-state index contributed by atoms with van der Waals surface area (Å²) < 4.78 is 26.4. The molecule has 1 saturated heterocycles. The van der Waals surface area contributed by atoms with E-state index in [1.54, 1.807) is 0 Å². The van der Waals surface area contributed by atoms with E-state index in [0.717, 1.165) is 10.4 Å². The summed E-state index contributed by atoms with van der Waals surface area (Å²) in [5, 5.41) is 13.6. The molecule has 0 saturated carbocycles. The summed E-state index contributed by atoms with van der Waals surface area (Å²) in [5.41, 5.74) is -1.81. The molecule has 9 heteroatoms. The minimum atomic E-state index is -4.15. The van der Waals surface area contributed by atoms with Crippen molar-refractivity contribution in [1.82, 2.24) is 9.62 Å². The van der Waals surface area contributed by atoms with Crippen molar-refractivity contribution in [2.45, 2.75) is 24.3 Å². The Bertz CT molecular complexity index is 699. The number of piperazine rings is 1. The van der Waals surface area contributed by atoms with E-state index in [-0.39, 0.29) is 13.1 Å². The fraction of sp³-hybridized carbons (Fsp3) is 0.417. The van der Waals surface area contributed by atoms with Gasteiger partial charge < -0.3 is 5.32 Å². The Balaban J connectivity index is 2.58. The zero-order chi connectivity index (χ0) is 15.8. The summed E-state index contributed by atoms with van der Waals surface area (Å²) in [5.74, 6) is -0.434. The summed E-state index contributed by atoms with van der Waals surface area (Å²) in [7, 11) is -4.15. The first kappa shape index (κ1) is 15.4. The van der Waals surface area contributed by atoms with Crippen LogP contribution in [-0.2, 0) is 14.8 Å². The van der Waals surface area contributed by atoms with E-state index in [9.17, 15) is 23.3 Å². The number of nitrogens with zero attached hydrogens (tertiary/aromatic N) is 2. The number of carbonyl (C=O) groups is 1. The molecule has 0 aliphatic carbocycles. The lowest BCUT2D eigenvalue weighted by molar-refractivity contribution is -0.387. The zero-order valence-electron chi connectivity index (χ0n) is 11.6. The molecule has 114 valence electrons. The van der Waals surface area contributed by atoms with Crippen LogP contribution in [0, 0.1) is 10.1 Å². The van der Waals surface area contributed by atoms with Crippen molar-refractivity contribution >= 4 is 21.6 Å². The van der Waals surface area contributed by atoms with Crippen LogP contribution in [0.2, 0.25) is 0 Å². The minimum Gasteiger partial charge on any atom is -0.353 e. The summed E-state index contributed by atoms with van der Waals surface area (Å²) in [4.78, 5) is 21.7. The van der Waals surface area contributed by atoms with Crippen LogP contribution in [0.15, 0.2) is 29.2 Å². The maximum absolute atomic E-state index is 12.7. The first-order valence-electron chi connectivity index (χ1n) is 6.23. The number of sulfonamides is 1. The molecule has 1 fully saturated rings. The molecule has 0 aromatic heterocycles. The molecule has 1 aliphatic heterocycles. The molecular formula is C12H15N3O5S. The number of nitrogens with one attached hydrogen (secondary N) is 1. The Morgan fingerprint density at radius 3 is 2.57 bits per heavy atom. The average molecular weight is 313 g/mol. The quantitative estimate of drug-likeness (QED) is 0.645. The lowest BCUT2D eigenvalue weighted by Gasteiger charge is -2.39. The largest absolute Gasteiger partial charge is 0.353 e. The Morgan fingerprint density at radius 2 is 1.95 bits per heavy atom. The first-order valence-corrected chi connectivity index (χ1v) is 7.67. The highest BCUT2D eigenvalue weighted by Gasteiger charge is 2.46. The highest BCUT2D eigenvalue weighted by molar-refractivity contribution is 7.89. The van der Waals surface area contributed by atoms with Gasteiger partial charge in [-0.3, -0.25) is 14.9 Å². The second kappa shape index (κ2) is 5.08. The summed E-state index contributed by atoms with van der Waals surface area (Å²) in [6, 6.07) is 5.11. The third-order valence-electron chi connectivity index (χ3n) is 3.41. The van der Waals surface area contributed by atoms with Crippen LogP contribution in [-0.4, -0.2) is 42.2 Å². The Morgan fingerprint density at radius 1 is 1.33 bits per heavy atom. The molecule has 0 unspecified atom stereocenters. The van der Waals surface area contributed by atoms with E-state index in [4.69, 9.17) is 0 Å². The van der Waals surface area contributed by atoms with E-state index < -0.39 is 37.0 Å². The number of benzene rings is 1. The van der Waals surface area contributed by atoms with Crippen LogP contribution in [0.25, 0.3) is 0 Å². The third kappa shape index (κ3) is 2.49. The van der Waals surface area contributed by atoms with Crippen molar-refractivity contribution in [3.63, 3.8) is 0 Å². The van der Waals surface area contributed by atoms with Gasteiger partial charge in [0, 0.05) is 19.2 Å². The second-order valence-electron chi connectivity index (χ2n) is 5.12. The number of nitro benzene ring substituents is 1. The van der Waals surface area contributed by atoms with Gasteiger partial charge in [0.25, 0.3) is 15.7 Å². The SMILES string of the molecule is CC1(C)C(=O)NCCN1S(=O)(=O)c1ccccc1[N+](=O)[O-]. The molecule has 1 amide bonds. The van der Waals surface area contributed by atoms with Crippen LogP contribution in [0.5, 0.6) is 0 Å². The Hall–Kier alpha value is -2.00. The monoisotopic (exact) mass is 313 g/mol. The number of amides is 1. The van der Waals surface area contributed by atoms with Gasteiger partial charge >= 0.3 is 0 Å². The van der Waals surface area contributed by atoms with E-state index >= 15 is 0 Å². The van der Waals surface area contributed by atoms with E-state index in [0.29, 0.717) is 0 Å². The van der Waals surface area contributed by atoms with Crippen molar-refractivity contribution in [2.75, 3.05) is 13.1 Å². The van der Waals surface area contributed by atoms with Crippen molar-refractivity contribution in [3.05, 3.63) is 34.4 Å². The molecule has 0 atom stereocenters. The molecule has 0 radical (unpaired) electrons. The Labute approximate surface area is 122 Å². The minimum absolute atomic E-state index is 0.0626. The predicted molar refractivity (Wildman–Crippen MR) is 74.1 cm³/mol. The topological polar surface area (TPSA) is 110 Å².